The number of carbonyl (C=O) groups excluding carboxylic acids is 1. The molecule has 3 aromatic rings. The molecule has 6 heteroatoms. The lowest BCUT2D eigenvalue weighted by Gasteiger charge is -2.01. The molecule has 112 valence electrons. The SMILES string of the molecule is COC(=O)c1cccn2nc(Cc3cccc(OC)c3)nc12. The van der Waals surface area contributed by atoms with Crippen LogP contribution in [-0.2, 0) is 11.2 Å². The zero-order valence-corrected chi connectivity index (χ0v) is 12.3. The fraction of sp³-hybridized carbons (Fsp3) is 0.188. The van der Waals surface area contributed by atoms with Gasteiger partial charge in [0.25, 0.3) is 0 Å². The molecule has 2 aromatic heterocycles. The number of rotatable bonds is 4. The van der Waals surface area contributed by atoms with Crippen molar-refractivity contribution >= 4 is 11.6 Å². The third-order valence-electron chi connectivity index (χ3n) is 3.31. The normalized spacial score (nSPS) is 10.6. The summed E-state index contributed by atoms with van der Waals surface area (Å²) >= 11 is 0. The molecule has 22 heavy (non-hydrogen) atoms. The van der Waals surface area contributed by atoms with Gasteiger partial charge in [0.15, 0.2) is 11.5 Å². The summed E-state index contributed by atoms with van der Waals surface area (Å²) in [5.74, 6) is 0.993. The molecule has 0 saturated carbocycles. The van der Waals surface area contributed by atoms with Gasteiger partial charge in [-0.2, -0.15) is 5.10 Å². The highest BCUT2D eigenvalue weighted by Crippen LogP contribution is 2.16. The monoisotopic (exact) mass is 297 g/mol. The van der Waals surface area contributed by atoms with Crippen molar-refractivity contribution in [2.75, 3.05) is 14.2 Å². The summed E-state index contributed by atoms with van der Waals surface area (Å²) in [5, 5.41) is 4.40. The Bertz CT molecular complexity index is 826. The van der Waals surface area contributed by atoms with Crippen LogP contribution in [0.4, 0.5) is 0 Å². The number of ether oxygens (including phenoxy) is 2. The van der Waals surface area contributed by atoms with Crippen LogP contribution in [0.15, 0.2) is 42.6 Å². The van der Waals surface area contributed by atoms with Gasteiger partial charge in [-0.25, -0.2) is 14.3 Å². The van der Waals surface area contributed by atoms with Crippen LogP contribution < -0.4 is 4.74 Å². The van der Waals surface area contributed by atoms with E-state index in [1.54, 1.807) is 30.0 Å². The second-order valence-electron chi connectivity index (χ2n) is 4.74. The van der Waals surface area contributed by atoms with Gasteiger partial charge in [0.1, 0.15) is 11.3 Å². The number of aromatic nitrogens is 3. The lowest BCUT2D eigenvalue weighted by Crippen LogP contribution is -2.04. The maximum absolute atomic E-state index is 11.8. The van der Waals surface area contributed by atoms with E-state index in [0.717, 1.165) is 11.3 Å². The van der Waals surface area contributed by atoms with E-state index in [4.69, 9.17) is 9.47 Å². The highest BCUT2D eigenvalue weighted by atomic mass is 16.5. The average molecular weight is 297 g/mol. The number of fused-ring (bicyclic) bond motifs is 1. The average Bonchev–Trinajstić information content (AvgIpc) is 2.96. The summed E-state index contributed by atoms with van der Waals surface area (Å²) in [6.45, 7) is 0. The zero-order chi connectivity index (χ0) is 15.5. The van der Waals surface area contributed by atoms with E-state index in [2.05, 4.69) is 10.1 Å². The summed E-state index contributed by atoms with van der Waals surface area (Å²) in [7, 11) is 2.98. The molecule has 0 bridgehead atoms. The van der Waals surface area contributed by atoms with Crippen molar-refractivity contribution in [3.8, 4) is 5.75 Å². The summed E-state index contributed by atoms with van der Waals surface area (Å²) < 4.78 is 11.6. The zero-order valence-electron chi connectivity index (χ0n) is 12.3. The fourth-order valence-electron chi connectivity index (χ4n) is 2.26. The molecule has 0 N–H and O–H groups in total. The first-order valence-corrected chi connectivity index (χ1v) is 6.77. The smallest absolute Gasteiger partial charge is 0.341 e. The lowest BCUT2D eigenvalue weighted by atomic mass is 10.1. The first-order valence-electron chi connectivity index (χ1n) is 6.77. The van der Waals surface area contributed by atoms with Gasteiger partial charge in [0.05, 0.1) is 14.2 Å². The number of methoxy groups -OCH3 is 2. The Morgan fingerprint density at radius 3 is 2.86 bits per heavy atom. The van der Waals surface area contributed by atoms with Crippen LogP contribution in [0.3, 0.4) is 0 Å². The Kier molecular flexibility index (Phi) is 3.74. The van der Waals surface area contributed by atoms with Crippen LogP contribution in [0.1, 0.15) is 21.7 Å². The molecule has 0 radical (unpaired) electrons. The minimum absolute atomic E-state index is 0.398. The van der Waals surface area contributed by atoms with E-state index < -0.39 is 5.97 Å². The second kappa shape index (κ2) is 5.85. The second-order valence-corrected chi connectivity index (χ2v) is 4.74. The molecule has 2 heterocycles. The van der Waals surface area contributed by atoms with Crippen molar-refractivity contribution < 1.29 is 14.3 Å². The Balaban J connectivity index is 1.96. The molecule has 0 aliphatic rings. The van der Waals surface area contributed by atoms with Crippen LogP contribution in [0.25, 0.3) is 5.65 Å². The van der Waals surface area contributed by atoms with Gasteiger partial charge >= 0.3 is 5.97 Å². The van der Waals surface area contributed by atoms with E-state index in [-0.39, 0.29) is 0 Å². The van der Waals surface area contributed by atoms with Crippen LogP contribution in [0.2, 0.25) is 0 Å². The summed E-state index contributed by atoms with van der Waals surface area (Å²) in [6, 6.07) is 11.1. The van der Waals surface area contributed by atoms with E-state index >= 15 is 0 Å². The molecule has 0 unspecified atom stereocenters. The lowest BCUT2D eigenvalue weighted by molar-refractivity contribution is 0.0602. The fourth-order valence-corrected chi connectivity index (χ4v) is 2.26. The van der Waals surface area contributed by atoms with E-state index in [1.807, 2.05) is 24.3 Å². The number of carbonyl (C=O) groups is 1. The van der Waals surface area contributed by atoms with E-state index in [0.29, 0.717) is 23.5 Å². The van der Waals surface area contributed by atoms with Crippen LogP contribution in [0, 0.1) is 0 Å². The molecule has 0 spiro atoms. The number of nitrogens with zero attached hydrogens (tertiary/aromatic N) is 3. The van der Waals surface area contributed by atoms with Crippen LogP contribution in [0.5, 0.6) is 5.75 Å². The summed E-state index contributed by atoms with van der Waals surface area (Å²) in [5.41, 5.74) is 1.93. The van der Waals surface area contributed by atoms with Crippen molar-refractivity contribution in [3.63, 3.8) is 0 Å². The number of hydrogen-bond acceptors (Lipinski definition) is 5. The molecule has 0 amide bonds. The third-order valence-corrected chi connectivity index (χ3v) is 3.31. The molecule has 3 rings (SSSR count). The Hall–Kier alpha value is -2.89. The molecule has 0 saturated heterocycles. The molecule has 0 aliphatic heterocycles. The van der Waals surface area contributed by atoms with E-state index in [1.165, 1.54) is 7.11 Å². The molecular formula is C16H15N3O3. The molecule has 6 nitrogen and oxygen atoms in total. The van der Waals surface area contributed by atoms with Crippen LogP contribution >= 0.6 is 0 Å². The Morgan fingerprint density at radius 2 is 2.09 bits per heavy atom. The van der Waals surface area contributed by atoms with Gasteiger partial charge in [-0.05, 0) is 29.8 Å². The summed E-state index contributed by atoms with van der Waals surface area (Å²) in [6.07, 6.45) is 2.31. The molecule has 1 aromatic carbocycles. The molecule has 0 fully saturated rings. The van der Waals surface area contributed by atoms with Crippen molar-refractivity contribution in [3.05, 3.63) is 59.5 Å². The van der Waals surface area contributed by atoms with Crippen LogP contribution in [-0.4, -0.2) is 34.8 Å². The Morgan fingerprint density at radius 1 is 1.23 bits per heavy atom. The number of esters is 1. The number of pyridine rings is 1. The van der Waals surface area contributed by atoms with Gasteiger partial charge in [0, 0.05) is 12.6 Å². The van der Waals surface area contributed by atoms with Crippen molar-refractivity contribution in [1.29, 1.82) is 0 Å². The minimum Gasteiger partial charge on any atom is -0.497 e. The number of hydrogen-bond donors (Lipinski definition) is 0. The largest absolute Gasteiger partial charge is 0.497 e. The van der Waals surface area contributed by atoms with E-state index in [9.17, 15) is 4.79 Å². The predicted molar refractivity (Wildman–Crippen MR) is 80.1 cm³/mol. The topological polar surface area (TPSA) is 65.7 Å². The minimum atomic E-state index is -0.425. The first kappa shape index (κ1) is 14.1. The Labute approximate surface area is 127 Å². The standard InChI is InChI=1S/C16H15N3O3/c1-21-12-6-3-5-11(9-12)10-14-17-15-13(16(20)22-2)7-4-8-19(15)18-14/h3-9H,10H2,1-2H3. The maximum Gasteiger partial charge on any atom is 0.341 e. The first-order chi connectivity index (χ1) is 10.7. The number of benzene rings is 1. The van der Waals surface area contributed by atoms with Crippen molar-refractivity contribution in [1.82, 2.24) is 14.6 Å². The summed E-state index contributed by atoms with van der Waals surface area (Å²) in [4.78, 5) is 16.2. The van der Waals surface area contributed by atoms with Gasteiger partial charge in [-0.3, -0.25) is 0 Å². The maximum atomic E-state index is 11.8. The predicted octanol–water partition coefficient (Wildman–Crippen LogP) is 2.12. The quantitative estimate of drug-likeness (QED) is 0.690. The van der Waals surface area contributed by atoms with Gasteiger partial charge < -0.3 is 9.47 Å². The van der Waals surface area contributed by atoms with Gasteiger partial charge in [-0.1, -0.05) is 12.1 Å². The van der Waals surface area contributed by atoms with Gasteiger partial charge in [-0.15, -0.1) is 0 Å². The third kappa shape index (κ3) is 2.63. The molecule has 0 aliphatic carbocycles. The van der Waals surface area contributed by atoms with Gasteiger partial charge in [0.2, 0.25) is 0 Å². The highest BCUT2D eigenvalue weighted by Gasteiger charge is 2.14. The van der Waals surface area contributed by atoms with Crippen molar-refractivity contribution in [2.24, 2.45) is 0 Å². The van der Waals surface area contributed by atoms with Crippen molar-refractivity contribution in [2.45, 2.75) is 6.42 Å². The highest BCUT2D eigenvalue weighted by molar-refractivity contribution is 5.95. The molecule has 0 atom stereocenters. The molecular weight excluding hydrogens is 282 g/mol.